The van der Waals surface area contributed by atoms with Crippen molar-refractivity contribution in [1.29, 1.82) is 0 Å². The second-order valence-corrected chi connectivity index (χ2v) is 5.53. The van der Waals surface area contributed by atoms with Crippen molar-refractivity contribution >= 4 is 5.96 Å². The molecule has 5 heteroatoms. The molecule has 0 amide bonds. The van der Waals surface area contributed by atoms with E-state index in [-0.39, 0.29) is 0 Å². The minimum Gasteiger partial charge on any atom is -0.357 e. The van der Waals surface area contributed by atoms with Gasteiger partial charge in [0, 0.05) is 31.4 Å². The molecular formula is C17H33N5. The first-order valence-electron chi connectivity index (χ1n) is 8.73. The minimum absolute atomic E-state index is 0.698. The van der Waals surface area contributed by atoms with Gasteiger partial charge in [0.2, 0.25) is 0 Å². The van der Waals surface area contributed by atoms with Crippen molar-refractivity contribution < 1.29 is 0 Å². The van der Waals surface area contributed by atoms with Gasteiger partial charge in [-0.25, -0.2) is 4.99 Å². The SMILES string of the molecule is CCCCCNC(=NCc1c(CC)nn(C)c1CC)NCC. The molecular weight excluding hydrogens is 274 g/mol. The molecule has 0 unspecified atom stereocenters. The molecule has 0 aliphatic rings. The monoisotopic (exact) mass is 307 g/mol. The Kier molecular flexibility index (Phi) is 8.63. The molecule has 5 nitrogen and oxygen atoms in total. The van der Waals surface area contributed by atoms with Crippen molar-refractivity contribution in [3.63, 3.8) is 0 Å². The molecule has 0 saturated heterocycles. The predicted octanol–water partition coefficient (Wildman–Crippen LogP) is 2.79. The van der Waals surface area contributed by atoms with Crippen LogP contribution >= 0.6 is 0 Å². The van der Waals surface area contributed by atoms with Crippen molar-refractivity contribution in [2.75, 3.05) is 13.1 Å². The van der Waals surface area contributed by atoms with Crippen molar-refractivity contribution in [2.45, 2.75) is 66.3 Å². The van der Waals surface area contributed by atoms with Gasteiger partial charge in [0.1, 0.15) is 0 Å². The third kappa shape index (κ3) is 5.35. The molecule has 0 spiro atoms. The topological polar surface area (TPSA) is 54.2 Å². The molecule has 126 valence electrons. The summed E-state index contributed by atoms with van der Waals surface area (Å²) in [6.07, 6.45) is 5.64. The number of rotatable bonds is 9. The number of guanidine groups is 1. The molecule has 0 aliphatic heterocycles. The van der Waals surface area contributed by atoms with E-state index in [0.29, 0.717) is 6.54 Å². The lowest BCUT2D eigenvalue weighted by molar-refractivity contribution is 0.683. The Morgan fingerprint density at radius 1 is 1.09 bits per heavy atom. The number of aryl methyl sites for hydroxylation is 2. The van der Waals surface area contributed by atoms with Crippen LogP contribution in [0.2, 0.25) is 0 Å². The van der Waals surface area contributed by atoms with Crippen LogP contribution in [0.15, 0.2) is 4.99 Å². The van der Waals surface area contributed by atoms with Crippen molar-refractivity contribution in [3.8, 4) is 0 Å². The number of aliphatic imine (C=N–C) groups is 1. The zero-order valence-corrected chi connectivity index (χ0v) is 15.0. The Hall–Kier alpha value is -1.52. The fraction of sp³-hybridized carbons (Fsp3) is 0.765. The Bertz CT molecular complexity index is 462. The van der Waals surface area contributed by atoms with Gasteiger partial charge in [0.25, 0.3) is 0 Å². The molecule has 1 aromatic heterocycles. The molecule has 0 saturated carbocycles. The van der Waals surface area contributed by atoms with Crippen LogP contribution in [0, 0.1) is 0 Å². The highest BCUT2D eigenvalue weighted by molar-refractivity contribution is 5.79. The molecule has 0 aromatic carbocycles. The molecule has 1 aromatic rings. The average molecular weight is 307 g/mol. The first kappa shape index (κ1) is 18.5. The number of nitrogens with zero attached hydrogens (tertiary/aromatic N) is 3. The summed E-state index contributed by atoms with van der Waals surface area (Å²) < 4.78 is 2.01. The normalized spacial score (nSPS) is 11.8. The van der Waals surface area contributed by atoms with Crippen molar-refractivity contribution in [1.82, 2.24) is 20.4 Å². The maximum absolute atomic E-state index is 4.75. The van der Waals surface area contributed by atoms with E-state index in [0.717, 1.165) is 31.9 Å². The zero-order valence-electron chi connectivity index (χ0n) is 15.0. The van der Waals surface area contributed by atoms with E-state index in [4.69, 9.17) is 4.99 Å². The minimum atomic E-state index is 0.698. The van der Waals surface area contributed by atoms with Gasteiger partial charge >= 0.3 is 0 Å². The maximum atomic E-state index is 4.75. The van der Waals surface area contributed by atoms with Gasteiger partial charge in [-0.2, -0.15) is 5.10 Å². The fourth-order valence-corrected chi connectivity index (χ4v) is 2.65. The Morgan fingerprint density at radius 3 is 2.45 bits per heavy atom. The summed E-state index contributed by atoms with van der Waals surface area (Å²) in [5, 5.41) is 11.4. The average Bonchev–Trinajstić information content (AvgIpc) is 2.83. The molecule has 0 aliphatic carbocycles. The second-order valence-electron chi connectivity index (χ2n) is 5.53. The van der Waals surface area contributed by atoms with Gasteiger partial charge in [-0.3, -0.25) is 4.68 Å². The molecule has 0 atom stereocenters. The first-order chi connectivity index (χ1) is 10.7. The van der Waals surface area contributed by atoms with E-state index in [1.807, 2.05) is 11.7 Å². The van der Waals surface area contributed by atoms with Crippen LogP contribution in [0.1, 0.15) is 63.9 Å². The molecule has 1 heterocycles. The van der Waals surface area contributed by atoms with Crippen molar-refractivity contribution in [2.24, 2.45) is 12.0 Å². The predicted molar refractivity (Wildman–Crippen MR) is 94.3 cm³/mol. The standard InChI is InChI=1S/C17H33N5/c1-6-10-11-12-19-17(18-9-4)20-13-14-15(7-2)21-22(5)16(14)8-3/h6-13H2,1-5H3,(H2,18,19,20). The highest BCUT2D eigenvalue weighted by Gasteiger charge is 2.13. The Morgan fingerprint density at radius 2 is 1.86 bits per heavy atom. The summed E-state index contributed by atoms with van der Waals surface area (Å²) in [6, 6.07) is 0. The smallest absolute Gasteiger partial charge is 0.191 e. The van der Waals surface area contributed by atoms with Gasteiger partial charge < -0.3 is 10.6 Å². The van der Waals surface area contributed by atoms with Gasteiger partial charge in [-0.15, -0.1) is 0 Å². The molecule has 0 bridgehead atoms. The van der Waals surface area contributed by atoms with E-state index < -0.39 is 0 Å². The summed E-state index contributed by atoms with van der Waals surface area (Å²) in [6.45, 7) is 11.2. The third-order valence-electron chi connectivity index (χ3n) is 3.84. The zero-order chi connectivity index (χ0) is 16.4. The molecule has 1 rings (SSSR count). The van der Waals surface area contributed by atoms with Crippen LogP contribution in [0.4, 0.5) is 0 Å². The number of aromatic nitrogens is 2. The summed E-state index contributed by atoms with van der Waals surface area (Å²) >= 11 is 0. The van der Waals surface area contributed by atoms with Crippen LogP contribution in [-0.4, -0.2) is 28.8 Å². The fourth-order valence-electron chi connectivity index (χ4n) is 2.65. The van der Waals surface area contributed by atoms with E-state index in [9.17, 15) is 0 Å². The van der Waals surface area contributed by atoms with Crippen molar-refractivity contribution in [3.05, 3.63) is 17.0 Å². The summed E-state index contributed by atoms with van der Waals surface area (Å²) in [5.74, 6) is 0.909. The first-order valence-corrected chi connectivity index (χ1v) is 8.73. The van der Waals surface area contributed by atoms with Crippen LogP contribution < -0.4 is 10.6 Å². The highest BCUT2D eigenvalue weighted by atomic mass is 15.3. The van der Waals surface area contributed by atoms with E-state index >= 15 is 0 Å². The number of nitrogens with one attached hydrogen (secondary N) is 2. The molecule has 0 radical (unpaired) electrons. The van der Waals surface area contributed by atoms with Crippen LogP contribution in [0.5, 0.6) is 0 Å². The second kappa shape index (κ2) is 10.2. The quantitative estimate of drug-likeness (QED) is 0.419. The summed E-state index contributed by atoms with van der Waals surface area (Å²) in [4.78, 5) is 4.75. The van der Waals surface area contributed by atoms with Gasteiger partial charge in [-0.1, -0.05) is 33.6 Å². The van der Waals surface area contributed by atoms with E-state index in [1.165, 1.54) is 36.2 Å². The van der Waals surface area contributed by atoms with E-state index in [2.05, 4.69) is 43.4 Å². The number of unbranched alkanes of at least 4 members (excludes halogenated alkanes) is 2. The maximum Gasteiger partial charge on any atom is 0.191 e. The highest BCUT2D eigenvalue weighted by Crippen LogP contribution is 2.16. The lowest BCUT2D eigenvalue weighted by atomic mass is 10.1. The lowest BCUT2D eigenvalue weighted by Crippen LogP contribution is -2.37. The molecule has 22 heavy (non-hydrogen) atoms. The Labute approximate surface area is 135 Å². The molecule has 0 fully saturated rings. The lowest BCUT2D eigenvalue weighted by Gasteiger charge is -2.11. The van der Waals surface area contributed by atoms with Gasteiger partial charge in [0.05, 0.1) is 12.2 Å². The summed E-state index contributed by atoms with van der Waals surface area (Å²) in [5.41, 5.74) is 3.76. The summed E-state index contributed by atoms with van der Waals surface area (Å²) in [7, 11) is 2.03. The largest absolute Gasteiger partial charge is 0.357 e. The van der Waals surface area contributed by atoms with Crippen LogP contribution in [0.25, 0.3) is 0 Å². The number of hydrogen-bond acceptors (Lipinski definition) is 2. The van der Waals surface area contributed by atoms with Gasteiger partial charge in [-0.05, 0) is 26.2 Å². The molecule has 2 N–H and O–H groups in total. The Balaban J connectivity index is 2.76. The van der Waals surface area contributed by atoms with Gasteiger partial charge in [0.15, 0.2) is 5.96 Å². The van der Waals surface area contributed by atoms with Crippen LogP contribution in [-0.2, 0) is 26.4 Å². The van der Waals surface area contributed by atoms with E-state index in [1.54, 1.807) is 0 Å². The third-order valence-corrected chi connectivity index (χ3v) is 3.84. The number of hydrogen-bond donors (Lipinski definition) is 2. The van der Waals surface area contributed by atoms with Crippen LogP contribution in [0.3, 0.4) is 0 Å².